The number of carbonyl (C=O) groups excluding carboxylic acids is 2. The van der Waals surface area contributed by atoms with E-state index in [0.29, 0.717) is 16.1 Å². The van der Waals surface area contributed by atoms with Crippen LogP contribution in [0.25, 0.3) is 0 Å². The summed E-state index contributed by atoms with van der Waals surface area (Å²) in [7, 11) is -4.04. The van der Waals surface area contributed by atoms with E-state index in [0.717, 1.165) is 16.6 Å². The fraction of sp³-hybridized carbons (Fsp3) is 0.391. The molecule has 13 heteroatoms. The van der Waals surface area contributed by atoms with Crippen LogP contribution in [-0.2, 0) is 26.2 Å². The molecule has 10 nitrogen and oxygen atoms in total. The van der Waals surface area contributed by atoms with Crippen LogP contribution in [0.3, 0.4) is 0 Å². The Kier molecular flexibility index (Phi) is 9.70. The van der Waals surface area contributed by atoms with Crippen LogP contribution in [0, 0.1) is 17.0 Å². The lowest BCUT2D eigenvalue weighted by atomic mass is 10.1. The highest BCUT2D eigenvalue weighted by atomic mass is 35.5. The van der Waals surface area contributed by atoms with Crippen molar-refractivity contribution >= 4 is 56.4 Å². The zero-order valence-corrected chi connectivity index (χ0v) is 22.8. The van der Waals surface area contributed by atoms with Crippen LogP contribution in [0.4, 0.5) is 11.4 Å². The highest BCUT2D eigenvalue weighted by Gasteiger charge is 2.31. The quantitative estimate of drug-likeness (QED) is 0.347. The molecule has 2 amide bonds. The van der Waals surface area contributed by atoms with E-state index in [2.05, 4.69) is 5.32 Å². The van der Waals surface area contributed by atoms with E-state index in [1.807, 2.05) is 0 Å². The monoisotopic (exact) mass is 558 g/mol. The highest BCUT2D eigenvalue weighted by molar-refractivity contribution is 7.92. The second kappa shape index (κ2) is 11.9. The molecular weight excluding hydrogens is 531 g/mol. The smallest absolute Gasteiger partial charge is 0.271 e. The van der Waals surface area contributed by atoms with Crippen molar-refractivity contribution in [3.05, 3.63) is 67.7 Å². The zero-order chi connectivity index (χ0) is 27.4. The number of anilines is 1. The average Bonchev–Trinajstić information content (AvgIpc) is 2.76. The van der Waals surface area contributed by atoms with Gasteiger partial charge in [-0.05, 0) is 51.0 Å². The molecule has 0 saturated carbocycles. The van der Waals surface area contributed by atoms with Crippen LogP contribution in [0.5, 0.6) is 0 Å². The summed E-state index contributed by atoms with van der Waals surface area (Å²) < 4.78 is 26.2. The van der Waals surface area contributed by atoms with Crippen molar-refractivity contribution in [2.75, 3.05) is 17.1 Å². The summed E-state index contributed by atoms with van der Waals surface area (Å²) in [5.74, 6) is -1.13. The minimum absolute atomic E-state index is 0.00572. The number of hydrogen-bond acceptors (Lipinski definition) is 6. The number of halogens is 2. The summed E-state index contributed by atoms with van der Waals surface area (Å²) >= 11 is 12.1. The van der Waals surface area contributed by atoms with Gasteiger partial charge < -0.3 is 10.2 Å². The Morgan fingerprint density at radius 2 is 1.72 bits per heavy atom. The largest absolute Gasteiger partial charge is 0.352 e. The number of non-ortho nitro benzene ring substituents is 1. The molecule has 0 unspecified atom stereocenters. The molecule has 2 aromatic rings. The summed E-state index contributed by atoms with van der Waals surface area (Å²) in [6.07, 6.45) is 0.900. The van der Waals surface area contributed by atoms with Crippen molar-refractivity contribution in [3.8, 4) is 0 Å². The molecule has 196 valence electrons. The van der Waals surface area contributed by atoms with Crippen LogP contribution >= 0.6 is 23.2 Å². The van der Waals surface area contributed by atoms with Gasteiger partial charge in [-0.2, -0.15) is 0 Å². The molecule has 0 bridgehead atoms. The Morgan fingerprint density at radius 1 is 1.08 bits per heavy atom. The van der Waals surface area contributed by atoms with Gasteiger partial charge in [0, 0.05) is 24.7 Å². The molecule has 2 aromatic carbocycles. The van der Waals surface area contributed by atoms with Crippen molar-refractivity contribution in [3.63, 3.8) is 0 Å². The zero-order valence-electron chi connectivity index (χ0n) is 20.5. The molecule has 0 spiro atoms. The lowest BCUT2D eigenvalue weighted by Crippen LogP contribution is -2.52. The summed E-state index contributed by atoms with van der Waals surface area (Å²) in [6.45, 7) is 5.90. The standard InChI is InChI=1S/C23H28Cl2N4O6S/c1-14(2)26-23(31)16(4)27(12-17-7-9-19(24)20(25)10-17)22(30)13-28(36(5,34)35)21-11-18(29(32)33)8-6-15(21)3/h6-11,14,16H,12-13H2,1-5H3,(H,26,31)/t16-/m1/s1. The Morgan fingerprint density at radius 3 is 2.25 bits per heavy atom. The first-order valence-electron chi connectivity index (χ1n) is 10.9. The number of carbonyl (C=O) groups is 2. The molecule has 0 aliphatic heterocycles. The predicted molar refractivity (Wildman–Crippen MR) is 140 cm³/mol. The molecule has 0 saturated heterocycles. The Hall–Kier alpha value is -2.89. The van der Waals surface area contributed by atoms with E-state index >= 15 is 0 Å². The first-order valence-corrected chi connectivity index (χ1v) is 13.5. The van der Waals surface area contributed by atoms with Gasteiger partial charge in [0.05, 0.1) is 26.9 Å². The SMILES string of the molecule is Cc1ccc([N+](=O)[O-])cc1N(CC(=O)N(Cc1ccc(Cl)c(Cl)c1)[C@H](C)C(=O)NC(C)C)S(C)(=O)=O. The molecule has 2 rings (SSSR count). The third-order valence-electron chi connectivity index (χ3n) is 5.29. The number of benzene rings is 2. The van der Waals surface area contributed by atoms with E-state index in [4.69, 9.17) is 23.2 Å². The molecule has 36 heavy (non-hydrogen) atoms. The molecule has 0 aliphatic carbocycles. The van der Waals surface area contributed by atoms with Crippen molar-refractivity contribution in [2.45, 2.75) is 46.3 Å². The summed E-state index contributed by atoms with van der Waals surface area (Å²) in [5, 5.41) is 14.6. The molecule has 0 aliphatic rings. The van der Waals surface area contributed by atoms with Crippen molar-refractivity contribution < 1.29 is 22.9 Å². The van der Waals surface area contributed by atoms with Gasteiger partial charge >= 0.3 is 0 Å². The molecule has 1 N–H and O–H groups in total. The third-order valence-corrected chi connectivity index (χ3v) is 7.15. The number of aryl methyl sites for hydroxylation is 1. The van der Waals surface area contributed by atoms with Crippen LogP contribution in [0.2, 0.25) is 10.0 Å². The maximum absolute atomic E-state index is 13.5. The average molecular weight is 559 g/mol. The van der Waals surface area contributed by atoms with Crippen molar-refractivity contribution in [1.82, 2.24) is 10.2 Å². The fourth-order valence-corrected chi connectivity index (χ4v) is 4.62. The van der Waals surface area contributed by atoms with Crippen LogP contribution in [-0.4, -0.2) is 54.9 Å². The molecular formula is C23H28Cl2N4O6S. The van der Waals surface area contributed by atoms with Gasteiger partial charge in [0.1, 0.15) is 12.6 Å². The molecule has 0 aromatic heterocycles. The number of amides is 2. The maximum Gasteiger partial charge on any atom is 0.271 e. The maximum atomic E-state index is 13.5. The first-order chi connectivity index (χ1) is 16.6. The number of nitrogens with one attached hydrogen (secondary N) is 1. The van der Waals surface area contributed by atoms with Gasteiger partial charge in [0.25, 0.3) is 5.69 Å². The Balaban J connectivity index is 2.50. The van der Waals surface area contributed by atoms with Gasteiger partial charge in [-0.25, -0.2) is 8.42 Å². The first kappa shape index (κ1) is 29.3. The Labute approximate surface area is 220 Å². The second-order valence-electron chi connectivity index (χ2n) is 8.61. The molecule has 0 radical (unpaired) electrons. The number of hydrogen-bond donors (Lipinski definition) is 1. The van der Waals surface area contributed by atoms with E-state index in [9.17, 15) is 28.1 Å². The number of nitro benzene ring substituents is 1. The predicted octanol–water partition coefficient (Wildman–Crippen LogP) is 3.92. The fourth-order valence-electron chi connectivity index (χ4n) is 3.40. The minimum Gasteiger partial charge on any atom is -0.352 e. The number of rotatable bonds is 10. The lowest BCUT2D eigenvalue weighted by Gasteiger charge is -2.32. The van der Waals surface area contributed by atoms with Gasteiger partial charge in [-0.3, -0.25) is 24.0 Å². The Bertz CT molecular complexity index is 1270. The summed E-state index contributed by atoms with van der Waals surface area (Å²) in [5.41, 5.74) is 0.655. The van der Waals surface area contributed by atoms with Crippen molar-refractivity contribution in [1.29, 1.82) is 0 Å². The summed E-state index contributed by atoms with van der Waals surface area (Å²) in [6, 6.07) is 7.33. The normalized spacial score (nSPS) is 12.2. The number of nitrogens with zero attached hydrogens (tertiary/aromatic N) is 3. The molecule has 0 heterocycles. The minimum atomic E-state index is -4.04. The van der Waals surface area contributed by atoms with Crippen molar-refractivity contribution in [2.24, 2.45) is 0 Å². The van der Waals surface area contributed by atoms with Gasteiger partial charge in [0.2, 0.25) is 21.8 Å². The topological polar surface area (TPSA) is 130 Å². The van der Waals surface area contributed by atoms with Gasteiger partial charge in [0.15, 0.2) is 0 Å². The van der Waals surface area contributed by atoms with Gasteiger partial charge in [-0.15, -0.1) is 0 Å². The third kappa shape index (κ3) is 7.55. The van der Waals surface area contributed by atoms with Crippen LogP contribution < -0.4 is 9.62 Å². The molecule has 0 fully saturated rings. The number of nitro groups is 1. The van der Waals surface area contributed by atoms with E-state index in [1.165, 1.54) is 24.0 Å². The number of sulfonamides is 1. The van der Waals surface area contributed by atoms with Crippen LogP contribution in [0.15, 0.2) is 36.4 Å². The van der Waals surface area contributed by atoms with E-state index in [1.54, 1.807) is 39.0 Å². The lowest BCUT2D eigenvalue weighted by molar-refractivity contribution is -0.384. The van der Waals surface area contributed by atoms with Gasteiger partial charge in [-0.1, -0.05) is 35.3 Å². The second-order valence-corrected chi connectivity index (χ2v) is 11.3. The molecule has 1 atom stereocenters. The summed E-state index contributed by atoms with van der Waals surface area (Å²) in [4.78, 5) is 38.2. The highest BCUT2D eigenvalue weighted by Crippen LogP contribution is 2.28. The van der Waals surface area contributed by atoms with E-state index in [-0.39, 0.29) is 29.0 Å². The van der Waals surface area contributed by atoms with E-state index < -0.39 is 39.3 Å². The van der Waals surface area contributed by atoms with Crippen LogP contribution in [0.1, 0.15) is 31.9 Å².